The fraction of sp³-hybridized carbons (Fsp3) is 0.867. The van der Waals surface area contributed by atoms with Gasteiger partial charge < -0.3 is 9.62 Å². The molecule has 0 aromatic heterocycles. The number of carbonyl (C=O) groups is 1. The Labute approximate surface area is 122 Å². The Kier molecular flexibility index (Phi) is 15.1. The number of rotatable bonds is 15. The predicted molar refractivity (Wildman–Crippen MR) is 78.6 cm³/mol. The highest BCUT2D eigenvalue weighted by molar-refractivity contribution is 5.68. The molecule has 0 fully saturated rings. The molecule has 5 nitrogen and oxygen atoms in total. The topological polar surface area (TPSA) is 68.6 Å². The molecule has 0 atom stereocenters. The minimum absolute atomic E-state index is 0.0972. The number of hydrogen-bond acceptors (Lipinski definition) is 5. The molecule has 0 bridgehead atoms. The summed E-state index contributed by atoms with van der Waals surface area (Å²) < 4.78 is 5.02. The SMILES string of the molecule is CCC(=O)OCCCCCCCCCCCOOC=N. The summed E-state index contributed by atoms with van der Waals surface area (Å²) in [7, 11) is 0. The zero-order valence-corrected chi connectivity index (χ0v) is 12.7. The summed E-state index contributed by atoms with van der Waals surface area (Å²) in [6.07, 6.45) is 11.8. The number of esters is 1. The van der Waals surface area contributed by atoms with Gasteiger partial charge in [-0.3, -0.25) is 10.2 Å². The number of ether oxygens (including phenoxy) is 1. The summed E-state index contributed by atoms with van der Waals surface area (Å²) in [5, 5.41) is 6.59. The number of carbonyl (C=O) groups excluding carboxylic acids is 1. The average molecular weight is 287 g/mol. The highest BCUT2D eigenvalue weighted by atomic mass is 17.2. The van der Waals surface area contributed by atoms with Gasteiger partial charge in [0.1, 0.15) is 0 Å². The maximum Gasteiger partial charge on any atom is 0.305 e. The van der Waals surface area contributed by atoms with Crippen LogP contribution >= 0.6 is 0 Å². The molecule has 0 amide bonds. The average Bonchev–Trinajstić information content (AvgIpc) is 2.47. The molecule has 0 aromatic rings. The molecule has 1 N–H and O–H groups in total. The Morgan fingerprint density at radius 2 is 1.40 bits per heavy atom. The van der Waals surface area contributed by atoms with Crippen molar-refractivity contribution < 1.29 is 19.3 Å². The van der Waals surface area contributed by atoms with Gasteiger partial charge in [-0.25, -0.2) is 0 Å². The molecule has 118 valence electrons. The lowest BCUT2D eigenvalue weighted by Gasteiger charge is -2.04. The van der Waals surface area contributed by atoms with E-state index in [1.807, 2.05) is 6.92 Å². The third-order valence-corrected chi connectivity index (χ3v) is 3.04. The number of unbranched alkanes of at least 4 members (excludes halogenated alkanes) is 8. The zero-order valence-electron chi connectivity index (χ0n) is 12.7. The number of nitrogens with one attached hydrogen (secondary N) is 1. The monoisotopic (exact) mass is 287 g/mol. The second kappa shape index (κ2) is 16.0. The Morgan fingerprint density at radius 1 is 0.900 bits per heavy atom. The minimum Gasteiger partial charge on any atom is -0.466 e. The van der Waals surface area contributed by atoms with E-state index in [0.717, 1.165) is 32.1 Å². The molecule has 5 heteroatoms. The lowest BCUT2D eigenvalue weighted by atomic mass is 10.1. The fourth-order valence-electron chi connectivity index (χ4n) is 1.87. The van der Waals surface area contributed by atoms with Crippen LogP contribution in [0.5, 0.6) is 0 Å². The summed E-state index contributed by atoms with van der Waals surface area (Å²) in [5.74, 6) is -0.0972. The Hall–Kier alpha value is -1.10. The molecule has 20 heavy (non-hydrogen) atoms. The molecule has 0 unspecified atom stereocenters. The first-order valence-corrected chi connectivity index (χ1v) is 7.74. The lowest BCUT2D eigenvalue weighted by molar-refractivity contribution is -0.217. The number of hydrogen-bond donors (Lipinski definition) is 1. The van der Waals surface area contributed by atoms with Crippen LogP contribution in [-0.2, 0) is 19.3 Å². The van der Waals surface area contributed by atoms with E-state index < -0.39 is 0 Å². The van der Waals surface area contributed by atoms with Crippen molar-refractivity contribution in [2.45, 2.75) is 71.1 Å². The summed E-state index contributed by atoms with van der Waals surface area (Å²) in [6.45, 7) is 2.95. The van der Waals surface area contributed by atoms with E-state index >= 15 is 0 Å². The van der Waals surface area contributed by atoms with Gasteiger partial charge in [-0.05, 0) is 12.8 Å². The van der Waals surface area contributed by atoms with Gasteiger partial charge in [0, 0.05) is 6.42 Å². The van der Waals surface area contributed by atoms with Crippen LogP contribution in [0.4, 0.5) is 0 Å². The Morgan fingerprint density at radius 3 is 1.90 bits per heavy atom. The quantitative estimate of drug-likeness (QED) is 0.123. The van der Waals surface area contributed by atoms with Crippen molar-refractivity contribution in [3.8, 4) is 0 Å². The Bertz CT molecular complexity index is 234. The van der Waals surface area contributed by atoms with Crippen molar-refractivity contribution in [2.75, 3.05) is 13.2 Å². The maximum atomic E-state index is 10.9. The van der Waals surface area contributed by atoms with Crippen LogP contribution in [0.2, 0.25) is 0 Å². The molecule has 0 radical (unpaired) electrons. The molecular formula is C15H29NO4. The van der Waals surface area contributed by atoms with Crippen LogP contribution in [0.25, 0.3) is 0 Å². The van der Waals surface area contributed by atoms with E-state index in [9.17, 15) is 4.79 Å². The van der Waals surface area contributed by atoms with Crippen molar-refractivity contribution in [2.24, 2.45) is 0 Å². The molecule has 0 saturated heterocycles. The second-order valence-corrected chi connectivity index (χ2v) is 4.79. The van der Waals surface area contributed by atoms with Gasteiger partial charge >= 0.3 is 5.97 Å². The molecule has 0 rings (SSSR count). The van der Waals surface area contributed by atoms with Gasteiger partial charge in [-0.1, -0.05) is 51.9 Å². The molecule has 0 spiro atoms. The van der Waals surface area contributed by atoms with Crippen molar-refractivity contribution in [1.29, 1.82) is 5.41 Å². The first kappa shape index (κ1) is 18.9. The van der Waals surface area contributed by atoms with Crippen LogP contribution in [0.3, 0.4) is 0 Å². The molecule has 0 aromatic carbocycles. The molecule has 0 heterocycles. The van der Waals surface area contributed by atoms with E-state index in [0.29, 0.717) is 19.6 Å². The van der Waals surface area contributed by atoms with Crippen LogP contribution in [0.1, 0.15) is 71.1 Å². The smallest absolute Gasteiger partial charge is 0.305 e. The van der Waals surface area contributed by atoms with E-state index in [2.05, 4.69) is 4.89 Å². The minimum atomic E-state index is -0.0972. The van der Waals surface area contributed by atoms with Crippen molar-refractivity contribution >= 4 is 12.4 Å². The fourth-order valence-corrected chi connectivity index (χ4v) is 1.87. The molecule has 0 saturated carbocycles. The summed E-state index contributed by atoms with van der Waals surface area (Å²) in [4.78, 5) is 19.9. The summed E-state index contributed by atoms with van der Waals surface area (Å²) >= 11 is 0. The second-order valence-electron chi connectivity index (χ2n) is 4.79. The van der Waals surface area contributed by atoms with Crippen molar-refractivity contribution in [1.82, 2.24) is 0 Å². The standard InChI is InChI=1S/C15H29NO4/c1-2-15(17)18-12-10-8-6-4-3-5-7-9-11-13-19-20-14-16/h14,16H,2-13H2,1H3. The first-order chi connectivity index (χ1) is 9.81. The first-order valence-electron chi connectivity index (χ1n) is 7.74. The zero-order chi connectivity index (χ0) is 14.9. The van der Waals surface area contributed by atoms with Crippen molar-refractivity contribution in [3.63, 3.8) is 0 Å². The summed E-state index contributed by atoms with van der Waals surface area (Å²) in [5.41, 5.74) is 0. The van der Waals surface area contributed by atoms with Gasteiger partial charge in [-0.2, -0.15) is 4.89 Å². The van der Waals surface area contributed by atoms with Crippen LogP contribution in [0.15, 0.2) is 0 Å². The van der Waals surface area contributed by atoms with Gasteiger partial charge in [-0.15, -0.1) is 0 Å². The maximum absolute atomic E-state index is 10.9. The normalized spacial score (nSPS) is 10.2. The molecule has 0 aliphatic heterocycles. The third-order valence-electron chi connectivity index (χ3n) is 3.04. The lowest BCUT2D eigenvalue weighted by Crippen LogP contribution is -2.03. The predicted octanol–water partition coefficient (Wildman–Crippen LogP) is 4.01. The van der Waals surface area contributed by atoms with Crippen molar-refractivity contribution in [3.05, 3.63) is 0 Å². The van der Waals surface area contributed by atoms with Gasteiger partial charge in [0.15, 0.2) is 0 Å². The van der Waals surface area contributed by atoms with Gasteiger partial charge in [0.25, 0.3) is 0 Å². The van der Waals surface area contributed by atoms with E-state index in [1.165, 1.54) is 32.1 Å². The summed E-state index contributed by atoms with van der Waals surface area (Å²) in [6, 6.07) is 0. The van der Waals surface area contributed by atoms with Gasteiger partial charge in [0.05, 0.1) is 13.2 Å². The highest BCUT2D eigenvalue weighted by Crippen LogP contribution is 2.09. The third kappa shape index (κ3) is 15.0. The molecule has 0 aliphatic rings. The van der Waals surface area contributed by atoms with E-state index in [-0.39, 0.29) is 5.97 Å². The van der Waals surface area contributed by atoms with Crippen LogP contribution in [0, 0.1) is 5.41 Å². The largest absolute Gasteiger partial charge is 0.466 e. The Balaban J connectivity index is 2.99. The van der Waals surface area contributed by atoms with Gasteiger partial charge in [0.2, 0.25) is 6.40 Å². The molecule has 0 aliphatic carbocycles. The van der Waals surface area contributed by atoms with E-state index in [4.69, 9.17) is 15.0 Å². The van der Waals surface area contributed by atoms with Crippen LogP contribution < -0.4 is 0 Å². The highest BCUT2D eigenvalue weighted by Gasteiger charge is 1.97. The van der Waals surface area contributed by atoms with E-state index in [1.54, 1.807) is 0 Å². The van der Waals surface area contributed by atoms with Crippen LogP contribution in [-0.4, -0.2) is 25.6 Å². The molecular weight excluding hydrogens is 258 g/mol.